The lowest BCUT2D eigenvalue weighted by molar-refractivity contribution is 1.05. The van der Waals surface area contributed by atoms with Crippen molar-refractivity contribution in [3.63, 3.8) is 0 Å². The molecule has 5 heteroatoms. The van der Waals surface area contributed by atoms with Gasteiger partial charge in [0.05, 0.1) is 11.3 Å². The number of hydrogen-bond acceptors (Lipinski definition) is 4. The second kappa shape index (κ2) is 5.39. The summed E-state index contributed by atoms with van der Waals surface area (Å²) >= 11 is 6.06. The topological polar surface area (TPSA) is 61.6 Å². The van der Waals surface area contributed by atoms with Crippen LogP contribution in [0.25, 0.3) is 10.8 Å². The van der Waals surface area contributed by atoms with Crippen LogP contribution in [0.15, 0.2) is 42.5 Å². The summed E-state index contributed by atoms with van der Waals surface area (Å²) in [5.41, 5.74) is 2.21. The molecule has 2 aromatic carbocycles. The monoisotopic (exact) mass is 294 g/mol. The van der Waals surface area contributed by atoms with Gasteiger partial charge < -0.3 is 5.32 Å². The Balaban J connectivity index is 2.14. The van der Waals surface area contributed by atoms with Gasteiger partial charge in [0.1, 0.15) is 6.07 Å². The minimum atomic E-state index is 0.362. The van der Waals surface area contributed by atoms with Crippen molar-refractivity contribution in [1.29, 1.82) is 5.26 Å². The third-order valence-electron chi connectivity index (χ3n) is 3.28. The number of aryl methyl sites for hydroxylation is 1. The van der Waals surface area contributed by atoms with E-state index < -0.39 is 0 Å². The number of aromatic nitrogens is 2. The molecule has 0 spiro atoms. The third-order valence-corrected chi connectivity index (χ3v) is 3.56. The van der Waals surface area contributed by atoms with Crippen LogP contribution in [0.5, 0.6) is 0 Å². The molecule has 0 aliphatic heterocycles. The molecule has 0 amide bonds. The molecule has 0 unspecified atom stereocenters. The van der Waals surface area contributed by atoms with E-state index in [1.54, 1.807) is 0 Å². The average Bonchev–Trinajstić information content (AvgIpc) is 2.51. The highest BCUT2D eigenvalue weighted by Crippen LogP contribution is 2.29. The summed E-state index contributed by atoms with van der Waals surface area (Å²) in [6.07, 6.45) is 0. The average molecular weight is 295 g/mol. The van der Waals surface area contributed by atoms with Crippen molar-refractivity contribution in [2.24, 2.45) is 0 Å². The summed E-state index contributed by atoms with van der Waals surface area (Å²) in [7, 11) is 0. The lowest BCUT2D eigenvalue weighted by Gasteiger charge is -2.11. The van der Waals surface area contributed by atoms with E-state index >= 15 is 0 Å². The van der Waals surface area contributed by atoms with Crippen molar-refractivity contribution in [3.8, 4) is 6.07 Å². The van der Waals surface area contributed by atoms with E-state index in [1.165, 1.54) is 0 Å². The van der Waals surface area contributed by atoms with Gasteiger partial charge in [0.15, 0.2) is 11.0 Å². The number of nitriles is 1. The Bertz CT molecular complexity index is 868. The molecule has 3 aromatic rings. The van der Waals surface area contributed by atoms with Gasteiger partial charge >= 0.3 is 0 Å². The predicted octanol–water partition coefficient (Wildman–Crippen LogP) is 4.21. The number of nitrogens with zero attached hydrogens (tertiary/aromatic N) is 3. The molecule has 21 heavy (non-hydrogen) atoms. The molecule has 102 valence electrons. The molecule has 3 rings (SSSR count). The summed E-state index contributed by atoms with van der Waals surface area (Å²) in [5, 5.41) is 22.6. The van der Waals surface area contributed by atoms with Crippen molar-refractivity contribution in [2.75, 3.05) is 5.32 Å². The van der Waals surface area contributed by atoms with Crippen LogP contribution in [-0.2, 0) is 0 Å². The Hall–Kier alpha value is -2.64. The molecule has 0 saturated carbocycles. The first kappa shape index (κ1) is 13.3. The van der Waals surface area contributed by atoms with Crippen molar-refractivity contribution >= 4 is 33.9 Å². The van der Waals surface area contributed by atoms with E-state index in [9.17, 15) is 5.26 Å². The van der Waals surface area contributed by atoms with Crippen LogP contribution in [-0.4, -0.2) is 10.2 Å². The Morgan fingerprint density at radius 1 is 1.05 bits per heavy atom. The SMILES string of the molecule is Cc1cccc(Nc2nnc(Cl)c3ccccc23)c1C#N. The maximum atomic E-state index is 9.29. The fourth-order valence-corrected chi connectivity index (χ4v) is 2.41. The number of hydrogen-bond donors (Lipinski definition) is 1. The van der Waals surface area contributed by atoms with E-state index in [-0.39, 0.29) is 0 Å². The highest BCUT2D eigenvalue weighted by atomic mass is 35.5. The molecule has 4 nitrogen and oxygen atoms in total. The van der Waals surface area contributed by atoms with Crippen LogP contribution in [0, 0.1) is 18.3 Å². The number of rotatable bonds is 2. The van der Waals surface area contributed by atoms with Gasteiger partial charge in [-0.2, -0.15) is 5.26 Å². The quantitative estimate of drug-likeness (QED) is 0.769. The molecule has 0 saturated heterocycles. The molecule has 0 bridgehead atoms. The maximum Gasteiger partial charge on any atom is 0.161 e. The van der Waals surface area contributed by atoms with Crippen molar-refractivity contribution in [3.05, 3.63) is 58.7 Å². The zero-order valence-electron chi connectivity index (χ0n) is 11.3. The largest absolute Gasteiger partial charge is 0.337 e. The van der Waals surface area contributed by atoms with Crippen LogP contribution in [0.4, 0.5) is 11.5 Å². The molecule has 0 atom stereocenters. The summed E-state index contributed by atoms with van der Waals surface area (Å²) in [4.78, 5) is 0. The van der Waals surface area contributed by atoms with Crippen LogP contribution in [0.1, 0.15) is 11.1 Å². The standard InChI is InChI=1S/C16H11ClN4/c1-10-5-4-8-14(13(10)9-18)19-16-12-7-3-2-6-11(12)15(17)20-21-16/h2-8H,1H3,(H,19,21). The Morgan fingerprint density at radius 3 is 2.57 bits per heavy atom. The number of fused-ring (bicyclic) bond motifs is 1. The number of anilines is 2. The zero-order chi connectivity index (χ0) is 14.8. The minimum absolute atomic E-state index is 0.362. The summed E-state index contributed by atoms with van der Waals surface area (Å²) in [5.74, 6) is 0.581. The molecular weight excluding hydrogens is 284 g/mol. The molecule has 1 aromatic heterocycles. The van der Waals surface area contributed by atoms with Gasteiger partial charge in [-0.15, -0.1) is 10.2 Å². The van der Waals surface area contributed by atoms with E-state index in [4.69, 9.17) is 11.6 Å². The molecule has 1 heterocycles. The van der Waals surface area contributed by atoms with Crippen LogP contribution >= 0.6 is 11.6 Å². The molecule has 0 radical (unpaired) electrons. The smallest absolute Gasteiger partial charge is 0.161 e. The molecule has 0 fully saturated rings. The molecule has 0 aliphatic rings. The fourth-order valence-electron chi connectivity index (χ4n) is 2.21. The Morgan fingerprint density at radius 2 is 1.81 bits per heavy atom. The summed E-state index contributed by atoms with van der Waals surface area (Å²) in [6, 6.07) is 15.5. The van der Waals surface area contributed by atoms with E-state index in [2.05, 4.69) is 21.6 Å². The number of nitrogens with one attached hydrogen (secondary N) is 1. The number of halogens is 1. The van der Waals surface area contributed by atoms with E-state index in [0.717, 1.165) is 16.3 Å². The first-order valence-electron chi connectivity index (χ1n) is 6.38. The fraction of sp³-hybridized carbons (Fsp3) is 0.0625. The highest BCUT2D eigenvalue weighted by molar-refractivity contribution is 6.34. The highest BCUT2D eigenvalue weighted by Gasteiger charge is 2.10. The van der Waals surface area contributed by atoms with Crippen LogP contribution in [0.3, 0.4) is 0 Å². The Labute approximate surface area is 127 Å². The lowest BCUT2D eigenvalue weighted by atomic mass is 10.1. The van der Waals surface area contributed by atoms with Gasteiger partial charge in [-0.1, -0.05) is 48.0 Å². The van der Waals surface area contributed by atoms with Crippen LogP contribution < -0.4 is 5.32 Å². The van der Waals surface area contributed by atoms with Crippen molar-refractivity contribution in [2.45, 2.75) is 6.92 Å². The third kappa shape index (κ3) is 2.39. The summed E-state index contributed by atoms with van der Waals surface area (Å²) in [6.45, 7) is 1.90. The zero-order valence-corrected chi connectivity index (χ0v) is 12.0. The van der Waals surface area contributed by atoms with Crippen LogP contribution in [0.2, 0.25) is 5.15 Å². The van der Waals surface area contributed by atoms with Gasteiger partial charge in [-0.25, -0.2) is 0 Å². The first-order valence-corrected chi connectivity index (χ1v) is 6.76. The Kier molecular flexibility index (Phi) is 3.43. The van der Waals surface area contributed by atoms with E-state index in [1.807, 2.05) is 49.4 Å². The van der Waals surface area contributed by atoms with Gasteiger partial charge in [0.2, 0.25) is 0 Å². The van der Waals surface area contributed by atoms with Gasteiger partial charge in [0.25, 0.3) is 0 Å². The summed E-state index contributed by atoms with van der Waals surface area (Å²) < 4.78 is 0. The predicted molar refractivity (Wildman–Crippen MR) is 83.7 cm³/mol. The molecule has 1 N–H and O–H groups in total. The lowest BCUT2D eigenvalue weighted by Crippen LogP contribution is -2.00. The maximum absolute atomic E-state index is 9.29. The minimum Gasteiger partial charge on any atom is -0.337 e. The first-order chi connectivity index (χ1) is 10.2. The normalized spacial score (nSPS) is 10.3. The molecule has 0 aliphatic carbocycles. The van der Waals surface area contributed by atoms with Crippen molar-refractivity contribution < 1.29 is 0 Å². The molecular formula is C16H11ClN4. The second-order valence-electron chi connectivity index (χ2n) is 4.62. The van der Waals surface area contributed by atoms with Crippen molar-refractivity contribution in [1.82, 2.24) is 10.2 Å². The van der Waals surface area contributed by atoms with E-state index in [0.29, 0.717) is 22.2 Å². The second-order valence-corrected chi connectivity index (χ2v) is 4.98. The van der Waals surface area contributed by atoms with Gasteiger partial charge in [-0.05, 0) is 18.6 Å². The van der Waals surface area contributed by atoms with Gasteiger partial charge in [-0.3, -0.25) is 0 Å². The number of benzene rings is 2. The van der Waals surface area contributed by atoms with Gasteiger partial charge in [0, 0.05) is 10.8 Å².